The highest BCUT2D eigenvalue weighted by atomic mass is 32.2. The molecule has 39 heavy (non-hydrogen) atoms. The van der Waals surface area contributed by atoms with Crippen LogP contribution in [0.25, 0.3) is 0 Å². The first-order valence-corrected chi connectivity index (χ1v) is 14.3. The number of anilines is 2. The van der Waals surface area contributed by atoms with Gasteiger partial charge in [-0.25, -0.2) is 8.42 Å². The minimum absolute atomic E-state index is 0.224. The van der Waals surface area contributed by atoms with Gasteiger partial charge in [0, 0.05) is 36.7 Å². The third-order valence-corrected chi connectivity index (χ3v) is 8.83. The Kier molecular flexibility index (Phi) is 7.84. The quantitative estimate of drug-likeness (QED) is 0.424. The van der Waals surface area contributed by atoms with E-state index in [2.05, 4.69) is 10.3 Å². The average Bonchev–Trinajstić information content (AvgIpc) is 3.03. The molecule has 0 saturated carbocycles. The second-order valence-electron chi connectivity index (χ2n) is 10.0. The van der Waals surface area contributed by atoms with Gasteiger partial charge in [-0.3, -0.25) is 4.98 Å². The summed E-state index contributed by atoms with van der Waals surface area (Å²) in [6, 6.07) is 18.7. The van der Waals surface area contributed by atoms with Crippen LogP contribution in [0.5, 0.6) is 0 Å². The molecule has 2 aliphatic rings. The van der Waals surface area contributed by atoms with Crippen LogP contribution in [0.15, 0.2) is 66.9 Å². The minimum Gasteiger partial charge on any atom is -0.378 e. The summed E-state index contributed by atoms with van der Waals surface area (Å²) in [5.74, 6) is 0. The number of alkyl halides is 3. The first-order chi connectivity index (χ1) is 18.6. The smallest absolute Gasteiger partial charge is 0.378 e. The van der Waals surface area contributed by atoms with Gasteiger partial charge in [-0.2, -0.15) is 17.5 Å². The summed E-state index contributed by atoms with van der Waals surface area (Å²) in [7, 11) is -5.54. The summed E-state index contributed by atoms with van der Waals surface area (Å²) in [6.07, 6.45) is 2.74. The molecule has 0 amide bonds. The first kappa shape index (κ1) is 27.4. The lowest BCUT2D eigenvalue weighted by molar-refractivity contribution is -0.0492. The zero-order chi connectivity index (χ0) is 27.6. The van der Waals surface area contributed by atoms with Crippen LogP contribution in [0.1, 0.15) is 28.8 Å². The van der Waals surface area contributed by atoms with Crippen LogP contribution in [0.2, 0.25) is 0 Å². The molecule has 11 heteroatoms. The number of nitrogens with one attached hydrogen (secondary N) is 1. The number of aromatic nitrogens is 1. The summed E-state index contributed by atoms with van der Waals surface area (Å²) < 4.78 is 72.5. The van der Waals surface area contributed by atoms with Crippen molar-refractivity contribution < 1.29 is 26.3 Å². The Bertz CT molecular complexity index is 1400. The Morgan fingerprint density at radius 2 is 1.85 bits per heavy atom. The van der Waals surface area contributed by atoms with E-state index in [0.29, 0.717) is 42.5 Å². The van der Waals surface area contributed by atoms with Crippen molar-refractivity contribution in [3.63, 3.8) is 0 Å². The molecular formula is C28H31F3N4O3S. The standard InChI is InChI=1S/C28H31F3N4O3S/c1-20-6-5-9-27-26(20)17-34(39(36,37)28(29,30)31)16-25(11-10-21-7-3-2-4-8-21)35(27)15-23-14-22(12-13-32-23)33-24-18-38-19-24/h2-9,12-14,24-25H,10-11,15-19H2,1H3,(H,32,33). The fourth-order valence-electron chi connectivity index (χ4n) is 5.09. The fraction of sp³-hybridized carbons (Fsp3) is 0.393. The third kappa shape index (κ3) is 6.05. The molecule has 1 unspecified atom stereocenters. The molecule has 3 heterocycles. The highest BCUT2D eigenvalue weighted by Crippen LogP contribution is 2.37. The molecule has 208 valence electrons. The van der Waals surface area contributed by atoms with Gasteiger partial charge in [0.2, 0.25) is 0 Å². The van der Waals surface area contributed by atoms with Crippen LogP contribution >= 0.6 is 0 Å². The van der Waals surface area contributed by atoms with Crippen molar-refractivity contribution in [3.8, 4) is 0 Å². The lowest BCUT2D eigenvalue weighted by Crippen LogP contribution is -2.47. The predicted octanol–water partition coefficient (Wildman–Crippen LogP) is 4.87. The maximum absolute atomic E-state index is 13.8. The molecule has 0 radical (unpaired) electrons. The number of sulfonamides is 1. The van der Waals surface area contributed by atoms with E-state index in [1.54, 1.807) is 19.2 Å². The van der Waals surface area contributed by atoms with E-state index in [1.807, 2.05) is 59.5 Å². The zero-order valence-corrected chi connectivity index (χ0v) is 22.4. The largest absolute Gasteiger partial charge is 0.511 e. The molecular weight excluding hydrogens is 529 g/mol. The number of fused-ring (bicyclic) bond motifs is 1. The zero-order valence-electron chi connectivity index (χ0n) is 21.6. The molecule has 0 aliphatic carbocycles. The minimum atomic E-state index is -5.54. The Morgan fingerprint density at radius 3 is 2.54 bits per heavy atom. The lowest BCUT2D eigenvalue weighted by Gasteiger charge is -2.34. The van der Waals surface area contributed by atoms with Gasteiger partial charge in [0.15, 0.2) is 0 Å². The molecule has 1 saturated heterocycles. The van der Waals surface area contributed by atoms with Gasteiger partial charge in [0.25, 0.3) is 0 Å². The summed E-state index contributed by atoms with van der Waals surface area (Å²) >= 11 is 0. The van der Waals surface area contributed by atoms with Gasteiger partial charge in [0.1, 0.15) is 0 Å². The van der Waals surface area contributed by atoms with E-state index in [4.69, 9.17) is 4.74 Å². The number of nitrogens with zero attached hydrogens (tertiary/aromatic N) is 3. The highest BCUT2D eigenvalue weighted by Gasteiger charge is 2.51. The normalized spacial score (nSPS) is 18.8. The molecule has 1 atom stereocenters. The van der Waals surface area contributed by atoms with Gasteiger partial charge in [-0.15, -0.1) is 0 Å². The number of rotatable bonds is 8. The second-order valence-corrected chi connectivity index (χ2v) is 12.0. The number of halogens is 3. The van der Waals surface area contributed by atoms with Crippen molar-refractivity contribution >= 4 is 21.4 Å². The van der Waals surface area contributed by atoms with Gasteiger partial charge in [-0.1, -0.05) is 42.5 Å². The maximum Gasteiger partial charge on any atom is 0.511 e. The van der Waals surface area contributed by atoms with Crippen molar-refractivity contribution in [1.82, 2.24) is 9.29 Å². The van der Waals surface area contributed by atoms with E-state index < -0.39 is 21.6 Å². The molecule has 0 spiro atoms. The van der Waals surface area contributed by atoms with Gasteiger partial charge < -0.3 is 15.0 Å². The topological polar surface area (TPSA) is 74.8 Å². The summed E-state index contributed by atoms with van der Waals surface area (Å²) in [5, 5.41) is 3.40. The van der Waals surface area contributed by atoms with Crippen LogP contribution in [0.4, 0.5) is 24.5 Å². The van der Waals surface area contributed by atoms with Crippen LogP contribution < -0.4 is 10.2 Å². The van der Waals surface area contributed by atoms with Gasteiger partial charge in [-0.05, 0) is 54.7 Å². The molecule has 2 aromatic carbocycles. The van der Waals surface area contributed by atoms with Crippen molar-refractivity contribution in [2.24, 2.45) is 0 Å². The van der Waals surface area contributed by atoms with E-state index >= 15 is 0 Å². The van der Waals surface area contributed by atoms with E-state index in [1.165, 1.54) is 0 Å². The Labute approximate surface area is 226 Å². The summed E-state index contributed by atoms with van der Waals surface area (Å²) in [6.45, 7) is 2.72. The average molecular weight is 561 g/mol. The van der Waals surface area contributed by atoms with Gasteiger partial charge >= 0.3 is 15.5 Å². The molecule has 1 aromatic heterocycles. The molecule has 3 aromatic rings. The molecule has 1 fully saturated rings. The van der Waals surface area contributed by atoms with Crippen LogP contribution in [-0.2, 0) is 34.3 Å². The third-order valence-electron chi connectivity index (χ3n) is 7.28. The monoisotopic (exact) mass is 560 g/mol. The van der Waals surface area contributed by atoms with Crippen LogP contribution in [0.3, 0.4) is 0 Å². The SMILES string of the molecule is Cc1cccc2c1CN(S(=O)(=O)C(F)(F)F)CC(CCc1ccccc1)N2Cc1cc(NC2COC2)ccn1. The molecule has 7 nitrogen and oxygen atoms in total. The van der Waals surface area contributed by atoms with Crippen molar-refractivity contribution in [2.45, 2.75) is 50.4 Å². The van der Waals surface area contributed by atoms with E-state index in [0.717, 1.165) is 28.2 Å². The Morgan fingerprint density at radius 1 is 1.08 bits per heavy atom. The van der Waals surface area contributed by atoms with Crippen LogP contribution in [-0.4, -0.2) is 55.1 Å². The number of aryl methyl sites for hydroxylation is 2. The molecule has 1 N–H and O–H groups in total. The van der Waals surface area contributed by atoms with Gasteiger partial charge in [0.05, 0.1) is 31.5 Å². The van der Waals surface area contributed by atoms with Crippen molar-refractivity contribution in [3.05, 3.63) is 89.2 Å². The van der Waals surface area contributed by atoms with E-state index in [-0.39, 0.29) is 19.1 Å². The Hall–Kier alpha value is -3.15. The lowest BCUT2D eigenvalue weighted by atomic mass is 10.0. The molecule has 2 aliphatic heterocycles. The van der Waals surface area contributed by atoms with Crippen molar-refractivity contribution in [1.29, 1.82) is 0 Å². The van der Waals surface area contributed by atoms with E-state index in [9.17, 15) is 21.6 Å². The van der Waals surface area contributed by atoms with Crippen molar-refractivity contribution in [2.75, 3.05) is 30.0 Å². The van der Waals surface area contributed by atoms with Crippen LogP contribution in [0, 0.1) is 6.92 Å². The number of pyridine rings is 1. The number of hydrogen-bond donors (Lipinski definition) is 1. The number of benzene rings is 2. The summed E-state index contributed by atoms with van der Waals surface area (Å²) in [5.41, 5.74) is -0.726. The predicted molar refractivity (Wildman–Crippen MR) is 144 cm³/mol. The second kappa shape index (κ2) is 11.1. The fourth-order valence-corrected chi connectivity index (χ4v) is 6.05. The number of hydrogen-bond acceptors (Lipinski definition) is 6. The maximum atomic E-state index is 13.8. The highest BCUT2D eigenvalue weighted by molar-refractivity contribution is 7.89. The summed E-state index contributed by atoms with van der Waals surface area (Å²) in [4.78, 5) is 6.57. The molecule has 5 rings (SSSR count). The first-order valence-electron chi connectivity index (χ1n) is 12.9. The Balaban J connectivity index is 1.53. The number of ether oxygens (including phenoxy) is 1. The molecule has 0 bridgehead atoms.